The zero-order valence-corrected chi connectivity index (χ0v) is 15.1. The van der Waals surface area contributed by atoms with Gasteiger partial charge in [0.1, 0.15) is 5.82 Å². The smallest absolute Gasteiger partial charge is 0.217 e. The van der Waals surface area contributed by atoms with Crippen LogP contribution < -0.4 is 11.5 Å². The molecule has 4 N–H and O–H groups in total. The van der Waals surface area contributed by atoms with Gasteiger partial charge in [0.2, 0.25) is 5.91 Å². The quantitative estimate of drug-likeness (QED) is 0.643. The lowest BCUT2D eigenvalue weighted by molar-refractivity contribution is -0.118. The number of carbonyl (C=O) groups is 1. The molecular formula is C19H30N4O. The SMILES string of the molecule is CCC(CC/C=C(\C=NC)c1cnc(N)c(C)c1)CCCC(N)=O. The first-order valence-electron chi connectivity index (χ1n) is 8.61. The highest BCUT2D eigenvalue weighted by Gasteiger charge is 2.07. The molecule has 1 amide bonds. The number of nitrogens with zero attached hydrogens (tertiary/aromatic N) is 2. The molecule has 0 saturated carbocycles. The summed E-state index contributed by atoms with van der Waals surface area (Å²) in [6, 6.07) is 2.04. The van der Waals surface area contributed by atoms with Crippen molar-refractivity contribution in [3.05, 3.63) is 29.5 Å². The Morgan fingerprint density at radius 1 is 1.42 bits per heavy atom. The summed E-state index contributed by atoms with van der Waals surface area (Å²) in [6.45, 7) is 4.15. The maximum Gasteiger partial charge on any atom is 0.217 e. The number of aliphatic imine (C=N–C) groups is 1. The van der Waals surface area contributed by atoms with Crippen molar-refractivity contribution in [2.75, 3.05) is 12.8 Å². The zero-order valence-electron chi connectivity index (χ0n) is 15.1. The van der Waals surface area contributed by atoms with E-state index < -0.39 is 0 Å². The molecular weight excluding hydrogens is 300 g/mol. The number of allylic oxidation sites excluding steroid dienone is 2. The van der Waals surface area contributed by atoms with E-state index in [4.69, 9.17) is 11.5 Å². The molecule has 0 aliphatic rings. The summed E-state index contributed by atoms with van der Waals surface area (Å²) in [5, 5.41) is 0. The predicted molar refractivity (Wildman–Crippen MR) is 102 cm³/mol. The van der Waals surface area contributed by atoms with E-state index in [1.54, 1.807) is 13.2 Å². The minimum Gasteiger partial charge on any atom is -0.383 e. The number of primary amides is 1. The zero-order chi connectivity index (χ0) is 17.9. The Balaban J connectivity index is 2.68. The highest BCUT2D eigenvalue weighted by Crippen LogP contribution is 2.21. The molecule has 1 atom stereocenters. The predicted octanol–water partition coefficient (Wildman–Crippen LogP) is 3.52. The molecule has 0 saturated heterocycles. The molecule has 0 fully saturated rings. The van der Waals surface area contributed by atoms with E-state index in [2.05, 4.69) is 23.0 Å². The molecule has 1 unspecified atom stereocenters. The van der Waals surface area contributed by atoms with E-state index in [0.29, 0.717) is 18.2 Å². The molecule has 1 rings (SSSR count). The molecule has 5 nitrogen and oxygen atoms in total. The van der Waals surface area contributed by atoms with E-state index in [1.165, 1.54) is 0 Å². The van der Waals surface area contributed by atoms with Gasteiger partial charge in [-0.1, -0.05) is 19.4 Å². The van der Waals surface area contributed by atoms with Crippen molar-refractivity contribution in [3.8, 4) is 0 Å². The fraction of sp³-hybridized carbons (Fsp3) is 0.526. The van der Waals surface area contributed by atoms with Crippen LogP contribution in [-0.2, 0) is 4.79 Å². The first-order valence-corrected chi connectivity index (χ1v) is 8.61. The molecule has 0 bridgehead atoms. The number of rotatable bonds is 10. The van der Waals surface area contributed by atoms with Crippen molar-refractivity contribution >= 4 is 23.5 Å². The van der Waals surface area contributed by atoms with Crippen molar-refractivity contribution in [1.82, 2.24) is 4.98 Å². The van der Waals surface area contributed by atoms with Gasteiger partial charge in [-0.2, -0.15) is 0 Å². The fourth-order valence-corrected chi connectivity index (χ4v) is 2.72. The van der Waals surface area contributed by atoms with Gasteiger partial charge >= 0.3 is 0 Å². The number of nitrogens with two attached hydrogens (primary N) is 2. The van der Waals surface area contributed by atoms with Crippen LogP contribution in [0, 0.1) is 12.8 Å². The lowest BCUT2D eigenvalue weighted by atomic mass is 9.93. The Hall–Kier alpha value is -2.17. The van der Waals surface area contributed by atoms with Crippen molar-refractivity contribution < 1.29 is 4.79 Å². The molecule has 1 aromatic rings. The average molecular weight is 330 g/mol. The van der Waals surface area contributed by atoms with Crippen LogP contribution in [0.1, 0.15) is 56.6 Å². The molecule has 1 heterocycles. The van der Waals surface area contributed by atoms with Gasteiger partial charge < -0.3 is 11.5 Å². The van der Waals surface area contributed by atoms with Gasteiger partial charge in [-0.05, 0) is 55.7 Å². The van der Waals surface area contributed by atoms with E-state index in [0.717, 1.165) is 48.8 Å². The van der Waals surface area contributed by atoms with Gasteiger partial charge in [-0.3, -0.25) is 9.79 Å². The van der Waals surface area contributed by atoms with Crippen molar-refractivity contribution in [1.29, 1.82) is 0 Å². The Labute approximate surface area is 145 Å². The second-order valence-corrected chi connectivity index (χ2v) is 6.18. The second kappa shape index (κ2) is 10.6. The molecule has 132 valence electrons. The molecule has 5 heteroatoms. The van der Waals surface area contributed by atoms with E-state index in [1.807, 2.05) is 19.2 Å². The van der Waals surface area contributed by atoms with Gasteiger partial charge in [-0.15, -0.1) is 0 Å². The van der Waals surface area contributed by atoms with Crippen LogP contribution in [-0.4, -0.2) is 24.2 Å². The van der Waals surface area contributed by atoms with Crippen molar-refractivity contribution in [2.24, 2.45) is 16.6 Å². The summed E-state index contributed by atoms with van der Waals surface area (Å²) < 4.78 is 0. The number of carbonyl (C=O) groups excluding carboxylic acids is 1. The van der Waals surface area contributed by atoms with Crippen LogP contribution in [0.2, 0.25) is 0 Å². The lowest BCUT2D eigenvalue weighted by Gasteiger charge is -2.13. The minimum absolute atomic E-state index is 0.211. The second-order valence-electron chi connectivity index (χ2n) is 6.18. The van der Waals surface area contributed by atoms with Gasteiger partial charge in [0.15, 0.2) is 0 Å². The first-order chi connectivity index (χ1) is 11.5. The van der Waals surface area contributed by atoms with E-state index >= 15 is 0 Å². The fourth-order valence-electron chi connectivity index (χ4n) is 2.72. The number of aryl methyl sites for hydroxylation is 1. The van der Waals surface area contributed by atoms with Crippen molar-refractivity contribution in [3.63, 3.8) is 0 Å². The van der Waals surface area contributed by atoms with Crippen LogP contribution in [0.3, 0.4) is 0 Å². The standard InChI is InChI=1S/C19H30N4O/c1-4-15(8-6-10-18(20)24)7-5-9-16(12-22-3)17-11-14(2)19(21)23-13-17/h9,11-13,15H,4-8,10H2,1-3H3,(H2,20,24)(H2,21,23)/b16-9+,22-12?. The molecule has 1 aromatic heterocycles. The maximum atomic E-state index is 10.8. The van der Waals surface area contributed by atoms with Gasteiger partial charge in [0, 0.05) is 31.4 Å². The number of pyridine rings is 1. The van der Waals surface area contributed by atoms with Crippen LogP contribution in [0.15, 0.2) is 23.3 Å². The lowest BCUT2D eigenvalue weighted by Crippen LogP contribution is -2.10. The summed E-state index contributed by atoms with van der Waals surface area (Å²) in [4.78, 5) is 19.2. The van der Waals surface area contributed by atoms with Crippen molar-refractivity contribution in [2.45, 2.75) is 52.4 Å². The summed E-state index contributed by atoms with van der Waals surface area (Å²) in [5.41, 5.74) is 14.1. The molecule has 0 aromatic carbocycles. The highest BCUT2D eigenvalue weighted by molar-refractivity contribution is 6.09. The first kappa shape index (κ1) is 19.9. The monoisotopic (exact) mass is 330 g/mol. The molecule has 0 aliphatic carbocycles. The summed E-state index contributed by atoms with van der Waals surface area (Å²) in [7, 11) is 1.77. The molecule has 0 radical (unpaired) electrons. The van der Waals surface area contributed by atoms with Crippen LogP contribution in [0.5, 0.6) is 0 Å². The third-order valence-corrected chi connectivity index (χ3v) is 4.27. The Bertz CT molecular complexity index is 593. The number of aromatic nitrogens is 1. The Kier molecular flexibility index (Phi) is 8.76. The molecule has 0 aliphatic heterocycles. The topological polar surface area (TPSA) is 94.4 Å². The largest absolute Gasteiger partial charge is 0.383 e. The minimum atomic E-state index is -0.211. The van der Waals surface area contributed by atoms with Gasteiger partial charge in [0.05, 0.1) is 0 Å². The van der Waals surface area contributed by atoms with Gasteiger partial charge in [-0.25, -0.2) is 4.98 Å². The summed E-state index contributed by atoms with van der Waals surface area (Å²) in [5.74, 6) is 0.969. The van der Waals surface area contributed by atoms with E-state index in [9.17, 15) is 4.79 Å². The molecule has 24 heavy (non-hydrogen) atoms. The summed E-state index contributed by atoms with van der Waals surface area (Å²) in [6.07, 6.45) is 11.5. The Morgan fingerprint density at radius 2 is 2.17 bits per heavy atom. The highest BCUT2D eigenvalue weighted by atomic mass is 16.1. The van der Waals surface area contributed by atoms with E-state index in [-0.39, 0.29) is 5.91 Å². The number of hydrogen-bond acceptors (Lipinski definition) is 4. The molecule has 0 spiro atoms. The number of anilines is 1. The third kappa shape index (κ3) is 6.94. The van der Waals surface area contributed by atoms with Crippen LogP contribution >= 0.6 is 0 Å². The van der Waals surface area contributed by atoms with Gasteiger partial charge in [0.25, 0.3) is 0 Å². The maximum absolute atomic E-state index is 10.8. The van der Waals surface area contributed by atoms with Crippen LogP contribution in [0.4, 0.5) is 5.82 Å². The Morgan fingerprint density at radius 3 is 2.75 bits per heavy atom. The summed E-state index contributed by atoms with van der Waals surface area (Å²) >= 11 is 0. The average Bonchev–Trinajstić information content (AvgIpc) is 2.54. The number of nitrogen functional groups attached to an aromatic ring is 1. The third-order valence-electron chi connectivity index (χ3n) is 4.27. The normalized spacial score (nSPS) is 13.4. The van der Waals surface area contributed by atoms with Crippen LogP contribution in [0.25, 0.3) is 5.57 Å². The number of amides is 1. The number of hydrogen-bond donors (Lipinski definition) is 2.